The lowest BCUT2D eigenvalue weighted by Gasteiger charge is -2.45. The van der Waals surface area contributed by atoms with Gasteiger partial charge in [0.05, 0.1) is 24.7 Å². The van der Waals surface area contributed by atoms with Crippen molar-refractivity contribution >= 4 is 0 Å². The summed E-state index contributed by atoms with van der Waals surface area (Å²) < 4.78 is 11.9. The van der Waals surface area contributed by atoms with Crippen LogP contribution in [0.4, 0.5) is 0 Å². The van der Waals surface area contributed by atoms with Crippen molar-refractivity contribution < 1.29 is 14.6 Å². The SMILES string of the molecule is O[C@@H]1C=CC[C@]12CCCCCC21OCCO1. The summed E-state index contributed by atoms with van der Waals surface area (Å²) in [5.74, 6) is -0.508. The molecule has 3 rings (SSSR count). The highest BCUT2D eigenvalue weighted by Gasteiger charge is 2.59. The van der Waals surface area contributed by atoms with Crippen molar-refractivity contribution in [1.29, 1.82) is 0 Å². The molecule has 1 saturated heterocycles. The number of hydrogen-bond acceptors (Lipinski definition) is 3. The zero-order chi connectivity index (χ0) is 11.1. The third kappa shape index (κ3) is 1.31. The Morgan fingerprint density at radius 1 is 1.06 bits per heavy atom. The normalized spacial score (nSPS) is 41.9. The molecule has 0 aromatic heterocycles. The van der Waals surface area contributed by atoms with E-state index in [-0.39, 0.29) is 5.41 Å². The summed E-state index contributed by atoms with van der Waals surface area (Å²) in [6.07, 6.45) is 10.00. The van der Waals surface area contributed by atoms with Crippen LogP contribution in [0.1, 0.15) is 38.5 Å². The molecule has 1 heterocycles. The number of ether oxygens (including phenoxy) is 2. The predicted octanol–water partition coefficient (Wildman–Crippen LogP) is 2.00. The summed E-state index contributed by atoms with van der Waals surface area (Å²) in [5, 5.41) is 10.3. The Morgan fingerprint density at radius 2 is 1.81 bits per heavy atom. The number of fused-ring (bicyclic) bond motifs is 1. The minimum atomic E-state index is -0.508. The average molecular weight is 224 g/mol. The lowest BCUT2D eigenvalue weighted by atomic mass is 9.71. The molecule has 0 aromatic carbocycles. The number of allylic oxidation sites excluding steroid dienone is 1. The molecule has 2 atom stereocenters. The topological polar surface area (TPSA) is 38.7 Å². The monoisotopic (exact) mass is 224 g/mol. The highest BCUT2D eigenvalue weighted by Crippen LogP contribution is 2.54. The van der Waals surface area contributed by atoms with E-state index in [1.54, 1.807) is 0 Å². The minimum absolute atomic E-state index is 0.208. The van der Waals surface area contributed by atoms with Crippen LogP contribution >= 0.6 is 0 Å². The van der Waals surface area contributed by atoms with Gasteiger partial charge in [-0.25, -0.2) is 0 Å². The van der Waals surface area contributed by atoms with E-state index in [0.29, 0.717) is 13.2 Å². The molecule has 0 bridgehead atoms. The highest BCUT2D eigenvalue weighted by molar-refractivity contribution is 5.16. The van der Waals surface area contributed by atoms with Gasteiger partial charge >= 0.3 is 0 Å². The molecule has 1 N–H and O–H groups in total. The lowest BCUT2D eigenvalue weighted by molar-refractivity contribution is -0.258. The van der Waals surface area contributed by atoms with E-state index in [1.807, 2.05) is 6.08 Å². The van der Waals surface area contributed by atoms with E-state index in [4.69, 9.17) is 9.47 Å². The third-order valence-corrected chi connectivity index (χ3v) is 4.51. The van der Waals surface area contributed by atoms with Gasteiger partial charge in [0, 0.05) is 6.42 Å². The van der Waals surface area contributed by atoms with E-state index in [0.717, 1.165) is 25.7 Å². The standard InChI is InChI=1S/C13H20O3/c14-11-5-4-7-12(11)6-2-1-3-8-13(12)15-9-10-16-13/h4-5,11,14H,1-3,6-10H2/t11-,12-/m1/s1. The fourth-order valence-electron chi connectivity index (χ4n) is 3.64. The Hall–Kier alpha value is -0.380. The van der Waals surface area contributed by atoms with E-state index in [2.05, 4.69) is 6.08 Å². The second-order valence-corrected chi connectivity index (χ2v) is 5.24. The summed E-state index contributed by atoms with van der Waals surface area (Å²) >= 11 is 0. The van der Waals surface area contributed by atoms with Gasteiger partial charge in [-0.3, -0.25) is 0 Å². The van der Waals surface area contributed by atoms with Gasteiger partial charge in [0.15, 0.2) is 5.79 Å². The molecule has 2 aliphatic carbocycles. The number of hydrogen-bond donors (Lipinski definition) is 1. The first-order valence-electron chi connectivity index (χ1n) is 6.42. The van der Waals surface area contributed by atoms with Crippen LogP contribution in [0.5, 0.6) is 0 Å². The van der Waals surface area contributed by atoms with Crippen LogP contribution < -0.4 is 0 Å². The van der Waals surface area contributed by atoms with Crippen molar-refractivity contribution in [3.05, 3.63) is 12.2 Å². The van der Waals surface area contributed by atoms with Gasteiger partial charge in [-0.05, 0) is 19.3 Å². The molecule has 1 aliphatic heterocycles. The third-order valence-electron chi connectivity index (χ3n) is 4.51. The summed E-state index contributed by atoms with van der Waals surface area (Å²) in [6.45, 7) is 1.35. The van der Waals surface area contributed by atoms with Crippen molar-refractivity contribution in [2.75, 3.05) is 13.2 Å². The zero-order valence-corrected chi connectivity index (χ0v) is 9.65. The maximum atomic E-state index is 10.3. The summed E-state index contributed by atoms with van der Waals surface area (Å²) in [7, 11) is 0. The van der Waals surface area contributed by atoms with E-state index in [1.165, 1.54) is 12.8 Å². The quantitative estimate of drug-likeness (QED) is 0.640. The first kappa shape index (κ1) is 10.8. The Kier molecular flexibility index (Phi) is 2.57. The van der Waals surface area contributed by atoms with Crippen molar-refractivity contribution in [2.24, 2.45) is 5.41 Å². The molecule has 90 valence electrons. The van der Waals surface area contributed by atoms with Crippen LogP contribution in [-0.2, 0) is 9.47 Å². The van der Waals surface area contributed by atoms with Crippen LogP contribution in [0, 0.1) is 5.41 Å². The minimum Gasteiger partial charge on any atom is -0.388 e. The summed E-state index contributed by atoms with van der Waals surface area (Å²) in [5.41, 5.74) is -0.208. The van der Waals surface area contributed by atoms with Gasteiger partial charge in [-0.15, -0.1) is 0 Å². The van der Waals surface area contributed by atoms with Crippen LogP contribution in [0.15, 0.2) is 12.2 Å². The van der Waals surface area contributed by atoms with Crippen LogP contribution in [0.3, 0.4) is 0 Å². The average Bonchev–Trinajstić information content (AvgIpc) is 2.82. The molecule has 3 nitrogen and oxygen atoms in total. The number of aliphatic hydroxyl groups excluding tert-OH is 1. The van der Waals surface area contributed by atoms with Crippen LogP contribution in [0.25, 0.3) is 0 Å². The Balaban J connectivity index is 1.97. The molecule has 2 fully saturated rings. The zero-order valence-electron chi connectivity index (χ0n) is 9.65. The van der Waals surface area contributed by atoms with Crippen molar-refractivity contribution in [2.45, 2.75) is 50.4 Å². The number of rotatable bonds is 0. The van der Waals surface area contributed by atoms with Crippen LogP contribution in [0.2, 0.25) is 0 Å². The molecular weight excluding hydrogens is 204 g/mol. The molecule has 3 heteroatoms. The van der Waals surface area contributed by atoms with E-state index in [9.17, 15) is 5.11 Å². The fraction of sp³-hybridized carbons (Fsp3) is 0.846. The van der Waals surface area contributed by atoms with E-state index >= 15 is 0 Å². The maximum Gasteiger partial charge on any atom is 0.177 e. The summed E-state index contributed by atoms with van der Waals surface area (Å²) in [4.78, 5) is 0. The lowest BCUT2D eigenvalue weighted by Crippen LogP contribution is -2.53. The molecule has 1 saturated carbocycles. The smallest absolute Gasteiger partial charge is 0.177 e. The largest absolute Gasteiger partial charge is 0.388 e. The van der Waals surface area contributed by atoms with Gasteiger partial charge in [0.2, 0.25) is 0 Å². The van der Waals surface area contributed by atoms with Gasteiger partial charge in [-0.2, -0.15) is 0 Å². The Labute approximate surface area is 96.4 Å². The molecule has 0 radical (unpaired) electrons. The molecule has 0 aromatic rings. The predicted molar refractivity (Wildman–Crippen MR) is 59.9 cm³/mol. The Morgan fingerprint density at radius 3 is 2.50 bits per heavy atom. The van der Waals surface area contributed by atoms with Gasteiger partial charge in [0.1, 0.15) is 0 Å². The molecule has 16 heavy (non-hydrogen) atoms. The second kappa shape index (κ2) is 3.83. The molecule has 3 aliphatic rings. The van der Waals surface area contributed by atoms with Crippen molar-refractivity contribution in [3.63, 3.8) is 0 Å². The first-order valence-corrected chi connectivity index (χ1v) is 6.42. The molecule has 2 spiro atoms. The first-order chi connectivity index (χ1) is 7.79. The highest BCUT2D eigenvalue weighted by atomic mass is 16.7. The summed E-state index contributed by atoms with van der Waals surface area (Å²) in [6, 6.07) is 0. The number of aliphatic hydroxyl groups is 1. The van der Waals surface area contributed by atoms with E-state index < -0.39 is 11.9 Å². The molecule has 0 unspecified atom stereocenters. The van der Waals surface area contributed by atoms with Crippen molar-refractivity contribution in [3.8, 4) is 0 Å². The van der Waals surface area contributed by atoms with Gasteiger partial charge in [-0.1, -0.05) is 25.0 Å². The maximum absolute atomic E-state index is 10.3. The Bertz CT molecular complexity index is 294. The second-order valence-electron chi connectivity index (χ2n) is 5.24. The van der Waals surface area contributed by atoms with Crippen molar-refractivity contribution in [1.82, 2.24) is 0 Å². The van der Waals surface area contributed by atoms with Gasteiger partial charge in [0.25, 0.3) is 0 Å². The molecule has 0 amide bonds. The molecular formula is C13H20O3. The fourth-order valence-corrected chi connectivity index (χ4v) is 3.64. The van der Waals surface area contributed by atoms with Gasteiger partial charge < -0.3 is 14.6 Å². The van der Waals surface area contributed by atoms with Crippen LogP contribution in [-0.4, -0.2) is 30.2 Å².